The zero-order chi connectivity index (χ0) is 21.3. The van der Waals surface area contributed by atoms with Crippen LogP contribution < -0.4 is 5.32 Å². The van der Waals surface area contributed by atoms with Crippen molar-refractivity contribution in [3.63, 3.8) is 0 Å². The van der Waals surface area contributed by atoms with Gasteiger partial charge in [-0.2, -0.15) is 0 Å². The van der Waals surface area contributed by atoms with Crippen LogP contribution in [0.1, 0.15) is 16.4 Å². The largest absolute Gasteiger partial charge is 0.463 e. The molecule has 0 aliphatic carbocycles. The molecule has 0 spiro atoms. The van der Waals surface area contributed by atoms with E-state index in [1.807, 2.05) is 91.9 Å². The van der Waals surface area contributed by atoms with Crippen LogP contribution in [0.3, 0.4) is 0 Å². The van der Waals surface area contributed by atoms with E-state index in [-0.39, 0.29) is 0 Å². The number of carbonyl (C=O) groups is 2. The number of ketones is 1. The van der Waals surface area contributed by atoms with Gasteiger partial charge in [-0.05, 0) is 36.8 Å². The quantitative estimate of drug-likeness (QED) is 0.254. The van der Waals surface area contributed by atoms with Crippen LogP contribution in [0.2, 0.25) is 0 Å². The molecule has 0 saturated heterocycles. The number of rotatable bonds is 6. The minimum Gasteiger partial charge on any atom is -0.463 e. The average molecular weight is 419 g/mol. The van der Waals surface area contributed by atoms with Crippen LogP contribution in [-0.4, -0.2) is 24.0 Å². The first kappa shape index (κ1) is 21.3. The Hall–Kier alpha value is -3.38. The number of carbonyl (C=O) groups excluding carboxylic acids is 2. The van der Waals surface area contributed by atoms with Crippen molar-refractivity contribution < 1.29 is 14.3 Å². The van der Waals surface area contributed by atoms with Crippen LogP contribution in [-0.2, 0) is 14.3 Å². The monoisotopic (exact) mass is 418 g/mol. The van der Waals surface area contributed by atoms with Crippen LogP contribution in [0.25, 0.3) is 0 Å². The van der Waals surface area contributed by atoms with Crippen molar-refractivity contribution in [2.45, 2.75) is 12.2 Å². The third kappa shape index (κ3) is 5.81. The molecule has 0 heterocycles. The third-order valence-electron chi connectivity index (χ3n) is 4.25. The Kier molecular flexibility index (Phi) is 7.40. The van der Waals surface area contributed by atoms with E-state index in [1.165, 1.54) is 18.9 Å². The molecule has 30 heavy (non-hydrogen) atoms. The molecule has 3 aromatic rings. The van der Waals surface area contributed by atoms with E-state index in [9.17, 15) is 9.59 Å². The number of aliphatic imine (C=N–C) groups is 1. The van der Waals surface area contributed by atoms with Crippen molar-refractivity contribution in [1.82, 2.24) is 0 Å². The number of hydrogen-bond donors (Lipinski definition) is 1. The molecule has 3 aromatic carbocycles. The second kappa shape index (κ2) is 10.4. The van der Waals surface area contributed by atoms with E-state index in [0.717, 1.165) is 16.9 Å². The number of nitrogens with zero attached hydrogens (tertiary/aromatic N) is 1. The van der Waals surface area contributed by atoms with Gasteiger partial charge in [0.1, 0.15) is 5.25 Å². The fourth-order valence-corrected chi connectivity index (χ4v) is 3.74. The molecule has 0 amide bonds. The van der Waals surface area contributed by atoms with E-state index in [1.54, 1.807) is 0 Å². The van der Waals surface area contributed by atoms with E-state index < -0.39 is 17.0 Å². The van der Waals surface area contributed by atoms with Gasteiger partial charge in [0.15, 0.2) is 5.17 Å². The highest BCUT2D eigenvalue weighted by Crippen LogP contribution is 2.33. The maximum absolute atomic E-state index is 12.8. The predicted octanol–water partition coefficient (Wildman–Crippen LogP) is 5.31. The van der Waals surface area contributed by atoms with E-state index in [4.69, 9.17) is 4.99 Å². The highest BCUT2D eigenvalue weighted by molar-refractivity contribution is 8.15. The smallest absolute Gasteiger partial charge is 0.375 e. The van der Waals surface area contributed by atoms with Gasteiger partial charge in [0.05, 0.1) is 12.8 Å². The summed E-state index contributed by atoms with van der Waals surface area (Å²) in [5.41, 5.74) is 3.39. The number of methoxy groups -OCH3 is 1. The summed E-state index contributed by atoms with van der Waals surface area (Å²) in [6.07, 6.45) is 0. The summed E-state index contributed by atoms with van der Waals surface area (Å²) in [5, 5.41) is 2.97. The molecule has 0 aromatic heterocycles. The number of Topliss-reactive ketones (excluding diaryl/α,β-unsaturated/α-hetero) is 1. The fraction of sp³-hybridized carbons (Fsp3) is 0.125. The summed E-state index contributed by atoms with van der Waals surface area (Å²) in [5.74, 6) is -1.52. The minimum atomic E-state index is -0.884. The number of ether oxygens (including phenoxy) is 1. The Balaban J connectivity index is 1.98. The molecule has 5 nitrogen and oxygen atoms in total. The van der Waals surface area contributed by atoms with Crippen molar-refractivity contribution in [2.24, 2.45) is 4.99 Å². The Bertz CT molecular complexity index is 1020. The molecule has 0 fully saturated rings. The zero-order valence-electron chi connectivity index (χ0n) is 16.7. The normalized spacial score (nSPS) is 12.1. The number of aryl methyl sites for hydroxylation is 1. The summed E-state index contributed by atoms with van der Waals surface area (Å²) in [6.45, 7) is 2.01. The van der Waals surface area contributed by atoms with Crippen molar-refractivity contribution in [3.8, 4) is 0 Å². The lowest BCUT2D eigenvalue weighted by Crippen LogP contribution is -2.24. The van der Waals surface area contributed by atoms with Gasteiger partial charge in [-0.3, -0.25) is 4.79 Å². The highest BCUT2D eigenvalue weighted by Gasteiger charge is 2.30. The summed E-state index contributed by atoms with van der Waals surface area (Å²) in [6, 6.07) is 26.4. The van der Waals surface area contributed by atoms with Crippen LogP contribution in [0, 0.1) is 6.92 Å². The zero-order valence-corrected chi connectivity index (χ0v) is 17.6. The molecule has 0 saturated carbocycles. The number of anilines is 1. The van der Waals surface area contributed by atoms with E-state index >= 15 is 0 Å². The predicted molar refractivity (Wildman–Crippen MR) is 122 cm³/mol. The molecule has 1 atom stereocenters. The second-order valence-corrected chi connectivity index (χ2v) is 7.60. The van der Waals surface area contributed by atoms with Gasteiger partial charge in [0, 0.05) is 5.69 Å². The molecule has 1 N–H and O–H groups in total. The van der Waals surface area contributed by atoms with E-state index in [0.29, 0.717) is 10.7 Å². The van der Waals surface area contributed by atoms with Crippen LogP contribution in [0.4, 0.5) is 11.4 Å². The van der Waals surface area contributed by atoms with Gasteiger partial charge in [-0.25, -0.2) is 9.79 Å². The number of hydrogen-bond acceptors (Lipinski definition) is 5. The molecule has 0 radical (unpaired) electrons. The Morgan fingerprint density at radius 2 is 1.50 bits per heavy atom. The SMILES string of the molecule is COC(=O)C(=O)C(SC(=Nc1ccc(C)cc1)Nc1ccccc1)c1ccccc1. The topological polar surface area (TPSA) is 67.8 Å². The maximum atomic E-state index is 12.8. The average Bonchev–Trinajstić information content (AvgIpc) is 2.79. The lowest BCUT2D eigenvalue weighted by molar-refractivity contribution is -0.151. The Morgan fingerprint density at radius 1 is 0.900 bits per heavy atom. The van der Waals surface area contributed by atoms with Crippen molar-refractivity contribution in [2.75, 3.05) is 12.4 Å². The number of esters is 1. The summed E-state index contributed by atoms with van der Waals surface area (Å²) in [7, 11) is 1.20. The molecule has 3 rings (SSSR count). The maximum Gasteiger partial charge on any atom is 0.375 e. The Morgan fingerprint density at radius 3 is 2.10 bits per heavy atom. The number of benzene rings is 3. The van der Waals surface area contributed by atoms with Gasteiger partial charge in [0.25, 0.3) is 5.78 Å². The molecule has 152 valence electrons. The molecular weight excluding hydrogens is 396 g/mol. The molecule has 0 aliphatic rings. The second-order valence-electron chi connectivity index (χ2n) is 6.51. The molecule has 0 bridgehead atoms. The minimum absolute atomic E-state index is 0.496. The molecular formula is C24H22N2O3S. The lowest BCUT2D eigenvalue weighted by Gasteiger charge is -2.17. The summed E-state index contributed by atoms with van der Waals surface area (Å²) in [4.78, 5) is 29.5. The van der Waals surface area contributed by atoms with E-state index in [2.05, 4.69) is 10.1 Å². The standard InChI is InChI=1S/C24H22N2O3S/c1-17-13-15-20(16-14-17)26-24(25-19-11-7-4-8-12-19)30-22(21(27)23(28)29-2)18-9-5-3-6-10-18/h3-16,22H,1-2H3,(H,25,26). The number of para-hydroxylation sites is 1. The van der Waals surface area contributed by atoms with Crippen LogP contribution in [0.5, 0.6) is 0 Å². The number of amidine groups is 1. The Labute approximate surface area is 180 Å². The molecule has 0 aliphatic heterocycles. The highest BCUT2D eigenvalue weighted by atomic mass is 32.2. The molecule has 6 heteroatoms. The first-order valence-corrected chi connectivity index (χ1v) is 10.3. The van der Waals surface area contributed by atoms with Gasteiger partial charge in [0.2, 0.25) is 0 Å². The first-order chi connectivity index (χ1) is 14.6. The van der Waals surface area contributed by atoms with Crippen LogP contribution >= 0.6 is 11.8 Å². The van der Waals surface area contributed by atoms with Gasteiger partial charge in [-0.1, -0.05) is 78.0 Å². The fourth-order valence-electron chi connectivity index (χ4n) is 2.69. The van der Waals surface area contributed by atoms with Gasteiger partial charge < -0.3 is 10.1 Å². The lowest BCUT2D eigenvalue weighted by atomic mass is 10.1. The summed E-state index contributed by atoms with van der Waals surface area (Å²) >= 11 is 1.18. The number of nitrogens with one attached hydrogen (secondary N) is 1. The molecule has 1 unspecified atom stereocenters. The van der Waals surface area contributed by atoms with Crippen molar-refractivity contribution in [1.29, 1.82) is 0 Å². The van der Waals surface area contributed by atoms with Crippen molar-refractivity contribution in [3.05, 3.63) is 96.1 Å². The van der Waals surface area contributed by atoms with Gasteiger partial charge >= 0.3 is 5.97 Å². The third-order valence-corrected chi connectivity index (χ3v) is 5.38. The van der Waals surface area contributed by atoms with Gasteiger partial charge in [-0.15, -0.1) is 0 Å². The number of thioether (sulfide) groups is 1. The first-order valence-electron chi connectivity index (χ1n) is 9.38. The van der Waals surface area contributed by atoms with Crippen LogP contribution in [0.15, 0.2) is 89.9 Å². The van der Waals surface area contributed by atoms with Crippen molar-refractivity contribution >= 4 is 40.1 Å². The summed E-state index contributed by atoms with van der Waals surface area (Å²) < 4.78 is 4.68.